The molecule has 1 aromatic carbocycles. The first kappa shape index (κ1) is 16.1. The second kappa shape index (κ2) is 6.64. The predicted molar refractivity (Wildman–Crippen MR) is 85.9 cm³/mol. The van der Waals surface area contributed by atoms with Crippen molar-refractivity contribution in [1.29, 1.82) is 0 Å². The largest absolute Gasteiger partial charge is 0.497 e. The van der Waals surface area contributed by atoms with Gasteiger partial charge in [0.2, 0.25) is 5.91 Å². The van der Waals surface area contributed by atoms with E-state index in [4.69, 9.17) is 4.74 Å². The van der Waals surface area contributed by atoms with Gasteiger partial charge in [0.25, 0.3) is 0 Å². The summed E-state index contributed by atoms with van der Waals surface area (Å²) >= 11 is 0. The van der Waals surface area contributed by atoms with Crippen molar-refractivity contribution in [2.24, 2.45) is 7.05 Å². The first-order chi connectivity index (χ1) is 10.4. The average molecular weight is 301 g/mol. The number of hydrogen-bond acceptors (Lipinski definition) is 3. The number of nitrogens with zero attached hydrogens (tertiary/aromatic N) is 3. The van der Waals surface area contributed by atoms with Crippen LogP contribution in [0.5, 0.6) is 5.75 Å². The lowest BCUT2D eigenvalue weighted by Crippen LogP contribution is -2.28. The Morgan fingerprint density at radius 1 is 1.27 bits per heavy atom. The molecule has 2 aromatic rings. The summed E-state index contributed by atoms with van der Waals surface area (Å²) < 4.78 is 6.96. The molecule has 0 aliphatic rings. The molecule has 0 saturated carbocycles. The van der Waals surface area contributed by atoms with Crippen LogP contribution in [0.3, 0.4) is 0 Å². The molecule has 1 heterocycles. The van der Waals surface area contributed by atoms with Crippen LogP contribution in [0.15, 0.2) is 24.3 Å². The molecular weight excluding hydrogens is 278 g/mol. The zero-order valence-corrected chi connectivity index (χ0v) is 13.9. The summed E-state index contributed by atoms with van der Waals surface area (Å²) in [5.41, 5.74) is 4.07. The summed E-state index contributed by atoms with van der Waals surface area (Å²) in [6.07, 6.45) is 0.387. The Morgan fingerprint density at radius 3 is 2.41 bits per heavy atom. The molecule has 0 unspecified atom stereocenters. The fourth-order valence-corrected chi connectivity index (χ4v) is 2.45. The smallest absolute Gasteiger partial charge is 0.227 e. The molecule has 0 aliphatic heterocycles. The zero-order chi connectivity index (χ0) is 16.3. The highest BCUT2D eigenvalue weighted by Crippen LogP contribution is 2.15. The minimum Gasteiger partial charge on any atom is -0.497 e. The summed E-state index contributed by atoms with van der Waals surface area (Å²) in [7, 11) is 5.37. The highest BCUT2D eigenvalue weighted by atomic mass is 16.5. The molecule has 0 spiro atoms. The molecule has 1 amide bonds. The van der Waals surface area contributed by atoms with Gasteiger partial charge in [-0.15, -0.1) is 0 Å². The van der Waals surface area contributed by atoms with Crippen molar-refractivity contribution in [3.05, 3.63) is 46.8 Å². The van der Waals surface area contributed by atoms with Gasteiger partial charge in [-0.25, -0.2) is 0 Å². The van der Waals surface area contributed by atoms with E-state index in [0.29, 0.717) is 13.0 Å². The second-order valence-corrected chi connectivity index (χ2v) is 5.55. The number of benzene rings is 1. The first-order valence-corrected chi connectivity index (χ1v) is 7.28. The molecule has 0 N–H and O–H groups in total. The van der Waals surface area contributed by atoms with E-state index in [1.165, 1.54) is 0 Å². The highest BCUT2D eigenvalue weighted by Gasteiger charge is 2.16. The van der Waals surface area contributed by atoms with Crippen molar-refractivity contribution in [2.45, 2.75) is 26.8 Å². The van der Waals surface area contributed by atoms with Crippen LogP contribution in [-0.4, -0.2) is 34.7 Å². The van der Waals surface area contributed by atoms with Crippen LogP contribution in [0.2, 0.25) is 0 Å². The molecular formula is C17H23N3O2. The zero-order valence-electron chi connectivity index (χ0n) is 13.9. The maximum Gasteiger partial charge on any atom is 0.227 e. The maximum atomic E-state index is 12.4. The van der Waals surface area contributed by atoms with Gasteiger partial charge in [-0.05, 0) is 31.5 Å². The summed E-state index contributed by atoms with van der Waals surface area (Å²) in [5.74, 6) is 0.911. The Morgan fingerprint density at radius 2 is 1.91 bits per heavy atom. The van der Waals surface area contributed by atoms with E-state index in [2.05, 4.69) is 5.10 Å². The Labute approximate surface area is 131 Å². The molecule has 0 fully saturated rings. The molecule has 5 nitrogen and oxygen atoms in total. The van der Waals surface area contributed by atoms with Crippen molar-refractivity contribution in [1.82, 2.24) is 14.7 Å². The standard InChI is InChI=1S/C17H23N3O2/c1-12-16(13(2)20(4)18-12)10-17(21)19(3)11-14-6-8-15(22-5)9-7-14/h6-9H,10-11H2,1-5H3. The number of carbonyl (C=O) groups excluding carboxylic acids is 1. The molecule has 0 saturated heterocycles. The van der Waals surface area contributed by atoms with Crippen LogP contribution in [0.1, 0.15) is 22.5 Å². The van der Waals surface area contributed by atoms with E-state index in [0.717, 1.165) is 28.3 Å². The van der Waals surface area contributed by atoms with Crippen molar-refractivity contribution in [3.63, 3.8) is 0 Å². The Hall–Kier alpha value is -2.30. The molecule has 22 heavy (non-hydrogen) atoms. The van der Waals surface area contributed by atoms with Gasteiger partial charge in [0.15, 0.2) is 0 Å². The number of hydrogen-bond donors (Lipinski definition) is 0. The number of amides is 1. The molecule has 0 aliphatic carbocycles. The predicted octanol–water partition coefficient (Wildman–Crippen LogP) is 2.25. The van der Waals surface area contributed by atoms with Crippen LogP contribution in [0.4, 0.5) is 0 Å². The van der Waals surface area contributed by atoms with Crippen molar-refractivity contribution >= 4 is 5.91 Å². The monoisotopic (exact) mass is 301 g/mol. The van der Waals surface area contributed by atoms with Crippen molar-refractivity contribution in [2.75, 3.05) is 14.2 Å². The molecule has 5 heteroatoms. The van der Waals surface area contributed by atoms with E-state index >= 15 is 0 Å². The van der Waals surface area contributed by atoms with Gasteiger partial charge in [-0.1, -0.05) is 12.1 Å². The number of methoxy groups -OCH3 is 1. The number of rotatable bonds is 5. The molecule has 2 rings (SSSR count). The minimum atomic E-state index is 0.0926. The third-order valence-electron chi connectivity index (χ3n) is 3.99. The van der Waals surface area contributed by atoms with Gasteiger partial charge in [-0.3, -0.25) is 9.48 Å². The number of aryl methyl sites for hydroxylation is 2. The lowest BCUT2D eigenvalue weighted by atomic mass is 10.1. The van der Waals surface area contributed by atoms with Gasteiger partial charge >= 0.3 is 0 Å². The molecule has 0 radical (unpaired) electrons. The van der Waals surface area contributed by atoms with E-state index in [-0.39, 0.29) is 5.91 Å². The van der Waals surface area contributed by atoms with Crippen LogP contribution in [-0.2, 0) is 24.8 Å². The van der Waals surface area contributed by atoms with Gasteiger partial charge in [-0.2, -0.15) is 5.10 Å². The Kier molecular flexibility index (Phi) is 4.85. The van der Waals surface area contributed by atoms with E-state index in [9.17, 15) is 4.79 Å². The van der Waals surface area contributed by atoms with Crippen LogP contribution >= 0.6 is 0 Å². The molecule has 0 atom stereocenters. The van der Waals surface area contributed by atoms with Crippen LogP contribution in [0, 0.1) is 13.8 Å². The van der Waals surface area contributed by atoms with Crippen molar-refractivity contribution in [3.8, 4) is 5.75 Å². The third kappa shape index (κ3) is 3.47. The lowest BCUT2D eigenvalue weighted by Gasteiger charge is -2.17. The SMILES string of the molecule is COc1ccc(CN(C)C(=O)Cc2c(C)nn(C)c2C)cc1. The van der Waals surface area contributed by atoms with E-state index in [1.807, 2.05) is 56.9 Å². The Balaban J connectivity index is 2.02. The average Bonchev–Trinajstić information content (AvgIpc) is 2.74. The van der Waals surface area contributed by atoms with E-state index < -0.39 is 0 Å². The molecule has 1 aromatic heterocycles. The van der Waals surface area contributed by atoms with Crippen LogP contribution in [0.25, 0.3) is 0 Å². The molecule has 118 valence electrons. The van der Waals surface area contributed by atoms with Gasteiger partial charge < -0.3 is 9.64 Å². The molecule has 0 bridgehead atoms. The summed E-state index contributed by atoms with van der Waals surface area (Å²) in [6, 6.07) is 7.76. The fourth-order valence-electron chi connectivity index (χ4n) is 2.45. The van der Waals surface area contributed by atoms with Crippen LogP contribution < -0.4 is 4.74 Å². The quantitative estimate of drug-likeness (QED) is 0.851. The first-order valence-electron chi connectivity index (χ1n) is 7.28. The summed E-state index contributed by atoms with van der Waals surface area (Å²) in [4.78, 5) is 14.2. The summed E-state index contributed by atoms with van der Waals surface area (Å²) in [6.45, 7) is 4.52. The number of aromatic nitrogens is 2. The third-order valence-corrected chi connectivity index (χ3v) is 3.99. The van der Waals surface area contributed by atoms with Crippen molar-refractivity contribution < 1.29 is 9.53 Å². The number of ether oxygens (including phenoxy) is 1. The minimum absolute atomic E-state index is 0.0926. The number of likely N-dealkylation sites (N-methyl/N-ethyl adjacent to an activating group) is 1. The van der Waals surface area contributed by atoms with Gasteiger partial charge in [0.1, 0.15) is 5.75 Å². The van der Waals surface area contributed by atoms with Gasteiger partial charge in [0.05, 0.1) is 19.2 Å². The normalized spacial score (nSPS) is 10.6. The second-order valence-electron chi connectivity index (χ2n) is 5.55. The lowest BCUT2D eigenvalue weighted by molar-refractivity contribution is -0.129. The van der Waals surface area contributed by atoms with E-state index in [1.54, 1.807) is 12.0 Å². The summed E-state index contributed by atoms with van der Waals surface area (Å²) in [5, 5.41) is 4.36. The fraction of sp³-hybridized carbons (Fsp3) is 0.412. The van der Waals surface area contributed by atoms with Gasteiger partial charge in [0, 0.05) is 31.9 Å². The Bertz CT molecular complexity index is 659. The highest BCUT2D eigenvalue weighted by molar-refractivity contribution is 5.79. The maximum absolute atomic E-state index is 12.4. The topological polar surface area (TPSA) is 47.4 Å². The number of carbonyl (C=O) groups is 1.